The molecule has 0 bridgehead atoms. The summed E-state index contributed by atoms with van der Waals surface area (Å²) >= 11 is 5.68. The number of sulfonamides is 1. The van der Waals surface area contributed by atoms with Crippen molar-refractivity contribution in [2.24, 2.45) is 7.05 Å². The summed E-state index contributed by atoms with van der Waals surface area (Å²) < 4.78 is 28.5. The molecule has 2 rings (SSSR count). The summed E-state index contributed by atoms with van der Waals surface area (Å²) in [6.07, 6.45) is 1.18. The minimum absolute atomic E-state index is 0.114. The Balaban J connectivity index is 2.44. The van der Waals surface area contributed by atoms with Gasteiger partial charge in [0.1, 0.15) is 22.2 Å². The summed E-state index contributed by atoms with van der Waals surface area (Å²) in [4.78, 5) is 7.63. The summed E-state index contributed by atoms with van der Waals surface area (Å²) in [6.45, 7) is 3.32. The Morgan fingerprint density at radius 3 is 2.53 bits per heavy atom. The molecular weight excluding hydrogens is 290 g/mol. The molecule has 102 valence electrons. The highest BCUT2D eigenvalue weighted by Gasteiger charge is 2.24. The molecule has 0 aliphatic rings. The number of nitrogens with zero attached hydrogens (tertiary/aromatic N) is 4. The Hall–Kier alpha value is -1.67. The second-order valence-corrected chi connectivity index (χ2v) is 5.96. The van der Waals surface area contributed by atoms with E-state index in [1.807, 2.05) is 0 Å². The summed E-state index contributed by atoms with van der Waals surface area (Å²) in [5.41, 5.74) is 0.970. The Bertz CT molecular complexity index is 726. The molecule has 2 aromatic rings. The van der Waals surface area contributed by atoms with E-state index < -0.39 is 10.0 Å². The molecule has 0 aromatic carbocycles. The maximum Gasteiger partial charge on any atom is 0.266 e. The van der Waals surface area contributed by atoms with E-state index in [0.29, 0.717) is 11.4 Å². The van der Waals surface area contributed by atoms with Crippen molar-refractivity contribution in [3.63, 3.8) is 0 Å². The Morgan fingerprint density at radius 2 is 2.00 bits per heavy atom. The normalized spacial score (nSPS) is 11.6. The lowest BCUT2D eigenvalue weighted by Gasteiger charge is -2.07. The Labute approximate surface area is 115 Å². The lowest BCUT2D eigenvalue weighted by atomic mass is 10.4. The molecule has 0 unspecified atom stereocenters. The highest BCUT2D eigenvalue weighted by Crippen LogP contribution is 2.21. The van der Waals surface area contributed by atoms with Gasteiger partial charge in [-0.1, -0.05) is 11.6 Å². The lowest BCUT2D eigenvalue weighted by Crippen LogP contribution is -2.15. The number of nitrogens with one attached hydrogen (secondary N) is 1. The molecule has 0 atom stereocenters. The standard InChI is InChI=1S/C10H12ClN5O2S/c1-6-10(7(2)16(3)14-6)19(17,18)15-9-4-8(11)12-5-13-9/h4-5H,1-3H3,(H,12,13,15). The SMILES string of the molecule is Cc1nn(C)c(C)c1S(=O)(=O)Nc1cc(Cl)ncn1. The molecule has 0 aliphatic heterocycles. The summed E-state index contributed by atoms with van der Waals surface area (Å²) in [6, 6.07) is 1.33. The fraction of sp³-hybridized carbons (Fsp3) is 0.300. The van der Waals surface area contributed by atoms with E-state index in [-0.39, 0.29) is 15.9 Å². The van der Waals surface area contributed by atoms with Gasteiger partial charge in [-0.05, 0) is 13.8 Å². The first-order valence-corrected chi connectivity index (χ1v) is 7.18. The van der Waals surface area contributed by atoms with E-state index in [9.17, 15) is 8.42 Å². The molecule has 0 spiro atoms. The van der Waals surface area contributed by atoms with Crippen LogP contribution in [-0.4, -0.2) is 28.2 Å². The predicted molar refractivity (Wildman–Crippen MR) is 70.5 cm³/mol. The van der Waals surface area contributed by atoms with Crippen molar-refractivity contribution in [1.82, 2.24) is 19.7 Å². The number of aryl methyl sites for hydroxylation is 2. The van der Waals surface area contributed by atoms with Gasteiger partial charge in [-0.15, -0.1) is 0 Å². The zero-order chi connectivity index (χ0) is 14.2. The van der Waals surface area contributed by atoms with Crippen molar-refractivity contribution in [3.8, 4) is 0 Å². The first kappa shape index (κ1) is 13.8. The van der Waals surface area contributed by atoms with Crippen LogP contribution in [0, 0.1) is 13.8 Å². The second kappa shape index (κ2) is 4.78. The predicted octanol–water partition coefficient (Wildman–Crippen LogP) is 1.28. The van der Waals surface area contributed by atoms with E-state index in [2.05, 4.69) is 19.8 Å². The van der Waals surface area contributed by atoms with E-state index in [1.165, 1.54) is 17.1 Å². The first-order valence-electron chi connectivity index (χ1n) is 5.32. The van der Waals surface area contributed by atoms with Crippen molar-refractivity contribution in [2.45, 2.75) is 18.7 Å². The molecule has 19 heavy (non-hydrogen) atoms. The third-order valence-electron chi connectivity index (χ3n) is 2.58. The van der Waals surface area contributed by atoms with Gasteiger partial charge < -0.3 is 0 Å². The average molecular weight is 302 g/mol. The summed E-state index contributed by atoms with van der Waals surface area (Å²) in [5, 5.41) is 4.23. The van der Waals surface area contributed by atoms with Gasteiger partial charge in [0.05, 0.1) is 11.4 Å². The van der Waals surface area contributed by atoms with Crippen LogP contribution in [0.3, 0.4) is 0 Å². The van der Waals surface area contributed by atoms with E-state index in [4.69, 9.17) is 11.6 Å². The van der Waals surface area contributed by atoms with Gasteiger partial charge in [0, 0.05) is 13.1 Å². The number of rotatable bonds is 3. The van der Waals surface area contributed by atoms with E-state index in [0.717, 1.165) is 0 Å². The topological polar surface area (TPSA) is 89.8 Å². The van der Waals surface area contributed by atoms with Crippen LogP contribution in [0.25, 0.3) is 0 Å². The summed E-state index contributed by atoms with van der Waals surface area (Å²) in [7, 11) is -2.07. The van der Waals surface area contributed by atoms with Crippen molar-refractivity contribution in [1.29, 1.82) is 0 Å². The zero-order valence-electron chi connectivity index (χ0n) is 10.5. The van der Waals surface area contributed by atoms with Crippen LogP contribution in [0.5, 0.6) is 0 Å². The number of hydrogen-bond donors (Lipinski definition) is 1. The molecule has 1 N–H and O–H groups in total. The minimum Gasteiger partial charge on any atom is -0.271 e. The zero-order valence-corrected chi connectivity index (χ0v) is 12.1. The molecular formula is C10H12ClN5O2S. The maximum atomic E-state index is 12.3. The highest BCUT2D eigenvalue weighted by atomic mass is 35.5. The number of aromatic nitrogens is 4. The van der Waals surface area contributed by atoms with Crippen LogP contribution in [-0.2, 0) is 17.1 Å². The molecule has 0 saturated carbocycles. The number of anilines is 1. The van der Waals surface area contributed by atoms with Crippen LogP contribution in [0.4, 0.5) is 5.82 Å². The van der Waals surface area contributed by atoms with Gasteiger partial charge >= 0.3 is 0 Å². The Morgan fingerprint density at radius 1 is 1.32 bits per heavy atom. The third-order valence-corrected chi connectivity index (χ3v) is 4.40. The van der Waals surface area contributed by atoms with Gasteiger partial charge in [-0.2, -0.15) is 5.10 Å². The van der Waals surface area contributed by atoms with Gasteiger partial charge in [0.25, 0.3) is 10.0 Å². The van der Waals surface area contributed by atoms with Gasteiger partial charge in [0.15, 0.2) is 0 Å². The van der Waals surface area contributed by atoms with Gasteiger partial charge in [-0.3, -0.25) is 9.40 Å². The quantitative estimate of drug-likeness (QED) is 0.863. The summed E-state index contributed by atoms with van der Waals surface area (Å²) in [5.74, 6) is 0.114. The Kier molecular flexibility index (Phi) is 3.46. The maximum absolute atomic E-state index is 12.3. The van der Waals surface area contributed by atoms with Crippen LogP contribution in [0.15, 0.2) is 17.3 Å². The van der Waals surface area contributed by atoms with Crippen molar-refractivity contribution < 1.29 is 8.42 Å². The minimum atomic E-state index is -3.75. The number of halogens is 1. The molecule has 0 saturated heterocycles. The first-order chi connectivity index (χ1) is 8.81. The molecule has 0 amide bonds. The average Bonchev–Trinajstić information content (AvgIpc) is 2.52. The smallest absolute Gasteiger partial charge is 0.266 e. The molecule has 7 nitrogen and oxygen atoms in total. The molecule has 2 heterocycles. The second-order valence-electron chi connectivity index (χ2n) is 3.96. The molecule has 0 aliphatic carbocycles. The van der Waals surface area contributed by atoms with Gasteiger partial charge in [0.2, 0.25) is 0 Å². The molecule has 9 heteroatoms. The van der Waals surface area contributed by atoms with Crippen molar-refractivity contribution in [3.05, 3.63) is 28.9 Å². The fourth-order valence-corrected chi connectivity index (χ4v) is 3.31. The highest BCUT2D eigenvalue weighted by molar-refractivity contribution is 7.92. The molecule has 2 aromatic heterocycles. The third kappa shape index (κ3) is 2.69. The van der Waals surface area contributed by atoms with Crippen LogP contribution in [0.2, 0.25) is 5.15 Å². The number of hydrogen-bond acceptors (Lipinski definition) is 5. The monoisotopic (exact) mass is 301 g/mol. The fourth-order valence-electron chi connectivity index (χ4n) is 1.72. The largest absolute Gasteiger partial charge is 0.271 e. The van der Waals surface area contributed by atoms with Crippen molar-refractivity contribution >= 4 is 27.4 Å². The van der Waals surface area contributed by atoms with Crippen LogP contribution >= 0.6 is 11.6 Å². The lowest BCUT2D eigenvalue weighted by molar-refractivity contribution is 0.599. The van der Waals surface area contributed by atoms with Crippen LogP contribution < -0.4 is 4.72 Å². The van der Waals surface area contributed by atoms with E-state index in [1.54, 1.807) is 20.9 Å². The van der Waals surface area contributed by atoms with Gasteiger partial charge in [-0.25, -0.2) is 18.4 Å². The van der Waals surface area contributed by atoms with Crippen molar-refractivity contribution in [2.75, 3.05) is 4.72 Å². The molecule has 0 radical (unpaired) electrons. The molecule has 0 fully saturated rings. The van der Waals surface area contributed by atoms with Crippen LogP contribution in [0.1, 0.15) is 11.4 Å². The van der Waals surface area contributed by atoms with E-state index >= 15 is 0 Å².